The van der Waals surface area contributed by atoms with E-state index in [0.717, 1.165) is 0 Å². The summed E-state index contributed by atoms with van der Waals surface area (Å²) in [4.78, 5) is 13.0. The molecular weight excluding hydrogens is 156 g/mol. The summed E-state index contributed by atoms with van der Waals surface area (Å²) in [6.07, 6.45) is 0. The summed E-state index contributed by atoms with van der Waals surface area (Å²) in [5.74, 6) is -0.150. The Morgan fingerprint density at radius 2 is 2.42 bits per heavy atom. The number of benzene rings is 1. The molecule has 0 aliphatic heterocycles. The molecule has 0 amide bonds. The van der Waals surface area contributed by atoms with E-state index in [4.69, 9.17) is 0 Å². The zero-order valence-electron chi connectivity index (χ0n) is 6.07. The first kappa shape index (κ1) is 6.84. The lowest BCUT2D eigenvalue weighted by Gasteiger charge is -1.89. The van der Waals surface area contributed by atoms with Gasteiger partial charge in [-0.15, -0.1) is 0 Å². The summed E-state index contributed by atoms with van der Waals surface area (Å²) in [6.45, 7) is 0. The largest absolute Gasteiger partial charge is 0.439 e. The number of aromatic amines is 1. The van der Waals surface area contributed by atoms with Crippen LogP contribution in [0.15, 0.2) is 33.6 Å². The molecule has 1 heterocycles. The molecule has 1 N–H and O–H groups in total. The molecule has 2 aromatic rings. The van der Waals surface area contributed by atoms with Gasteiger partial charge in [-0.05, 0) is 6.07 Å². The predicted molar refractivity (Wildman–Crippen MR) is 41.4 cm³/mol. The second kappa shape index (κ2) is 2.65. The Kier molecular flexibility index (Phi) is 1.51. The first-order valence-electron chi connectivity index (χ1n) is 3.39. The molecule has 0 atom stereocenters. The lowest BCUT2D eigenvalue weighted by Crippen LogP contribution is -1.94. The summed E-state index contributed by atoms with van der Waals surface area (Å²) in [6, 6.07) is 10.1. The van der Waals surface area contributed by atoms with Crippen molar-refractivity contribution >= 4 is 0 Å². The molecule has 12 heavy (non-hydrogen) atoms. The Hall–Kier alpha value is -1.84. The normalized spacial score (nSPS) is 10.0. The van der Waals surface area contributed by atoms with Crippen LogP contribution in [-0.4, -0.2) is 10.1 Å². The fourth-order valence-corrected chi connectivity index (χ4v) is 0.887. The lowest BCUT2D eigenvalue weighted by molar-refractivity contribution is 0.388. The zero-order chi connectivity index (χ0) is 8.39. The first-order valence-corrected chi connectivity index (χ1v) is 3.39. The van der Waals surface area contributed by atoms with Crippen molar-refractivity contribution in [2.75, 3.05) is 0 Å². The van der Waals surface area contributed by atoms with Crippen LogP contribution in [0.2, 0.25) is 0 Å². The monoisotopic (exact) mass is 161 g/mol. The van der Waals surface area contributed by atoms with Crippen LogP contribution in [0.3, 0.4) is 0 Å². The van der Waals surface area contributed by atoms with E-state index in [0.29, 0.717) is 11.4 Å². The standard InChI is InChI=1S/C8H5N2O2/c11-8-9-7(10-12-8)6-4-2-1-3-5-6/h1-4H,(H,9,10,11). The van der Waals surface area contributed by atoms with Crippen molar-refractivity contribution in [3.05, 3.63) is 40.9 Å². The number of nitrogens with zero attached hydrogens (tertiary/aromatic N) is 1. The van der Waals surface area contributed by atoms with E-state index in [1.165, 1.54) is 0 Å². The third-order valence-electron chi connectivity index (χ3n) is 1.40. The molecule has 2 rings (SSSR count). The Morgan fingerprint density at radius 3 is 3.00 bits per heavy atom. The van der Waals surface area contributed by atoms with Crippen molar-refractivity contribution in [3.63, 3.8) is 0 Å². The van der Waals surface area contributed by atoms with Gasteiger partial charge in [0.25, 0.3) is 0 Å². The van der Waals surface area contributed by atoms with Crippen LogP contribution in [0.25, 0.3) is 11.4 Å². The predicted octanol–water partition coefficient (Wildman–Crippen LogP) is 0.830. The molecule has 0 spiro atoms. The maximum absolute atomic E-state index is 10.6. The molecule has 1 radical (unpaired) electrons. The maximum Gasteiger partial charge on any atom is 0.439 e. The molecule has 0 unspecified atom stereocenters. The Labute approximate surface area is 67.8 Å². The summed E-state index contributed by atoms with van der Waals surface area (Å²) < 4.78 is 4.34. The summed E-state index contributed by atoms with van der Waals surface area (Å²) in [5.41, 5.74) is 0.711. The summed E-state index contributed by atoms with van der Waals surface area (Å²) in [5, 5.41) is 3.51. The summed E-state index contributed by atoms with van der Waals surface area (Å²) >= 11 is 0. The maximum atomic E-state index is 10.6. The second-order valence-electron chi connectivity index (χ2n) is 2.22. The van der Waals surface area contributed by atoms with Crippen LogP contribution in [0.1, 0.15) is 0 Å². The van der Waals surface area contributed by atoms with E-state index in [-0.39, 0.29) is 0 Å². The summed E-state index contributed by atoms with van der Waals surface area (Å²) in [7, 11) is 0. The first-order chi connectivity index (χ1) is 5.86. The molecule has 0 bridgehead atoms. The third kappa shape index (κ3) is 1.14. The molecule has 1 aromatic carbocycles. The topological polar surface area (TPSA) is 58.9 Å². The molecular formula is C8H5N2O2. The van der Waals surface area contributed by atoms with Crippen LogP contribution >= 0.6 is 0 Å². The van der Waals surface area contributed by atoms with Gasteiger partial charge in [-0.3, -0.25) is 9.51 Å². The number of nitrogens with one attached hydrogen (secondary N) is 1. The Morgan fingerprint density at radius 1 is 1.50 bits per heavy atom. The minimum atomic E-state index is -0.553. The molecule has 0 aliphatic rings. The van der Waals surface area contributed by atoms with Gasteiger partial charge in [-0.1, -0.05) is 29.4 Å². The van der Waals surface area contributed by atoms with Gasteiger partial charge >= 0.3 is 5.76 Å². The number of aromatic nitrogens is 2. The van der Waals surface area contributed by atoms with E-state index in [1.54, 1.807) is 12.1 Å². The molecule has 0 fully saturated rings. The Balaban J connectivity index is 2.51. The number of hydrogen-bond donors (Lipinski definition) is 1. The van der Waals surface area contributed by atoms with Gasteiger partial charge in [0.2, 0.25) is 0 Å². The molecule has 0 saturated carbocycles. The zero-order valence-corrected chi connectivity index (χ0v) is 6.07. The van der Waals surface area contributed by atoms with Crippen LogP contribution in [-0.2, 0) is 0 Å². The van der Waals surface area contributed by atoms with Gasteiger partial charge in [0.1, 0.15) is 0 Å². The minimum Gasteiger partial charge on any atom is -0.296 e. The SMILES string of the molecule is O=c1[nH]c(-c2[c]cccc2)no1. The molecule has 1 aromatic heterocycles. The highest BCUT2D eigenvalue weighted by Crippen LogP contribution is 2.09. The number of rotatable bonds is 1. The third-order valence-corrected chi connectivity index (χ3v) is 1.40. The number of hydrogen-bond acceptors (Lipinski definition) is 3. The van der Waals surface area contributed by atoms with Gasteiger partial charge in [0.15, 0.2) is 5.82 Å². The van der Waals surface area contributed by atoms with Crippen molar-refractivity contribution < 1.29 is 4.52 Å². The van der Waals surface area contributed by atoms with E-state index >= 15 is 0 Å². The average Bonchev–Trinajstić information content (AvgIpc) is 2.54. The molecule has 59 valence electrons. The van der Waals surface area contributed by atoms with E-state index in [1.807, 2.05) is 12.1 Å². The van der Waals surface area contributed by atoms with E-state index < -0.39 is 5.76 Å². The highest BCUT2D eigenvalue weighted by atomic mass is 16.5. The van der Waals surface area contributed by atoms with Gasteiger partial charge in [-0.25, -0.2) is 4.79 Å². The highest BCUT2D eigenvalue weighted by molar-refractivity contribution is 5.52. The fraction of sp³-hybridized carbons (Fsp3) is 0. The van der Waals surface area contributed by atoms with Crippen molar-refractivity contribution in [1.82, 2.24) is 10.1 Å². The van der Waals surface area contributed by atoms with Gasteiger partial charge in [-0.2, -0.15) is 0 Å². The van der Waals surface area contributed by atoms with Crippen molar-refractivity contribution in [3.8, 4) is 11.4 Å². The number of H-pyrrole nitrogens is 1. The quantitative estimate of drug-likeness (QED) is 0.673. The van der Waals surface area contributed by atoms with Gasteiger partial charge in [0.05, 0.1) is 0 Å². The molecule has 0 saturated heterocycles. The van der Waals surface area contributed by atoms with Crippen LogP contribution in [0, 0.1) is 6.07 Å². The van der Waals surface area contributed by atoms with Crippen molar-refractivity contribution in [2.45, 2.75) is 0 Å². The van der Waals surface area contributed by atoms with Crippen LogP contribution in [0.4, 0.5) is 0 Å². The Bertz CT molecular complexity index is 416. The fourth-order valence-electron chi connectivity index (χ4n) is 0.887. The smallest absolute Gasteiger partial charge is 0.296 e. The second-order valence-corrected chi connectivity index (χ2v) is 2.22. The van der Waals surface area contributed by atoms with Crippen molar-refractivity contribution in [2.24, 2.45) is 0 Å². The average molecular weight is 161 g/mol. The highest BCUT2D eigenvalue weighted by Gasteiger charge is 2.01. The molecule has 4 nitrogen and oxygen atoms in total. The van der Waals surface area contributed by atoms with E-state index in [2.05, 4.69) is 20.7 Å². The van der Waals surface area contributed by atoms with Gasteiger partial charge < -0.3 is 0 Å². The van der Waals surface area contributed by atoms with E-state index in [9.17, 15) is 4.79 Å². The molecule has 0 aliphatic carbocycles. The van der Waals surface area contributed by atoms with Crippen LogP contribution in [0.5, 0.6) is 0 Å². The van der Waals surface area contributed by atoms with Crippen molar-refractivity contribution in [1.29, 1.82) is 0 Å². The lowest BCUT2D eigenvalue weighted by atomic mass is 10.2. The minimum absolute atomic E-state index is 0.403. The van der Waals surface area contributed by atoms with Gasteiger partial charge in [0, 0.05) is 5.56 Å². The van der Waals surface area contributed by atoms with Crippen LogP contribution < -0.4 is 5.76 Å². The molecule has 4 heteroatoms.